The fraction of sp³-hybridized carbons (Fsp3) is 0.400. The van der Waals surface area contributed by atoms with Crippen molar-refractivity contribution in [2.75, 3.05) is 45.8 Å². The van der Waals surface area contributed by atoms with Crippen LogP contribution in [0.15, 0.2) is 55.1 Å². The Morgan fingerprint density at radius 1 is 1.05 bits per heavy atom. The number of hydrogen-bond acceptors (Lipinski definition) is 11. The van der Waals surface area contributed by atoms with Gasteiger partial charge in [-0.2, -0.15) is 5.26 Å². The van der Waals surface area contributed by atoms with Gasteiger partial charge in [-0.1, -0.05) is 12.1 Å². The Balaban J connectivity index is 1.24. The SMILES string of the molecule is COCCN1CCC(c2ccc(Nc3ncc(-c4ccc(C#N)c(O[C@@H](C)Cn5cnnn5)c4)cn3)c(OC)c2)CC1. The highest BCUT2D eigenvalue weighted by Gasteiger charge is 2.21. The Kier molecular flexibility index (Phi) is 9.53. The largest absolute Gasteiger partial charge is 0.495 e. The van der Waals surface area contributed by atoms with Crippen molar-refractivity contribution in [2.24, 2.45) is 0 Å². The lowest BCUT2D eigenvalue weighted by Crippen LogP contribution is -2.35. The average Bonchev–Trinajstić information content (AvgIpc) is 3.53. The summed E-state index contributed by atoms with van der Waals surface area (Å²) < 4.78 is 18.6. The number of nitrogens with zero attached hydrogens (tertiary/aromatic N) is 8. The molecule has 5 rings (SSSR count). The summed E-state index contributed by atoms with van der Waals surface area (Å²) in [7, 11) is 3.43. The van der Waals surface area contributed by atoms with Crippen LogP contribution in [0.4, 0.5) is 11.6 Å². The molecule has 218 valence electrons. The quantitative estimate of drug-likeness (QED) is 0.265. The first kappa shape index (κ1) is 28.9. The second-order valence-electron chi connectivity index (χ2n) is 10.3. The van der Waals surface area contributed by atoms with Crippen molar-refractivity contribution in [2.45, 2.75) is 38.3 Å². The maximum Gasteiger partial charge on any atom is 0.227 e. The molecule has 0 unspecified atom stereocenters. The standard InChI is InChI=1S/C30H35N9O3/c1-21(19-39-20-34-36-37-39)42-28-14-24(4-5-25(28)16-31)26-17-32-30(33-18-26)35-27-7-6-23(15-29(27)41-3)22-8-10-38(11-9-22)12-13-40-2/h4-7,14-15,17-18,20-22H,8-13,19H2,1-3H3,(H,32,33,35)/t21-/m0/s1. The van der Waals surface area contributed by atoms with Crippen LogP contribution in [0, 0.1) is 11.3 Å². The van der Waals surface area contributed by atoms with Crippen molar-refractivity contribution in [1.29, 1.82) is 5.26 Å². The Bertz CT molecular complexity index is 1480. The van der Waals surface area contributed by atoms with Gasteiger partial charge >= 0.3 is 0 Å². The highest BCUT2D eigenvalue weighted by atomic mass is 16.5. The molecule has 1 saturated heterocycles. The minimum atomic E-state index is -0.256. The molecule has 3 heterocycles. The molecular weight excluding hydrogens is 534 g/mol. The molecular formula is C30H35N9O3. The van der Waals surface area contributed by atoms with Crippen LogP contribution >= 0.6 is 0 Å². The number of nitriles is 1. The summed E-state index contributed by atoms with van der Waals surface area (Å²) in [5, 5.41) is 24.0. The van der Waals surface area contributed by atoms with Crippen LogP contribution in [0.25, 0.3) is 11.1 Å². The number of aromatic nitrogens is 6. The highest BCUT2D eigenvalue weighted by Crippen LogP contribution is 2.35. The van der Waals surface area contributed by atoms with Crippen LogP contribution in [0.1, 0.15) is 36.8 Å². The number of anilines is 2. The number of likely N-dealkylation sites (tertiary alicyclic amines) is 1. The number of rotatable bonds is 12. The first-order valence-corrected chi connectivity index (χ1v) is 14.0. The average molecular weight is 570 g/mol. The molecule has 2 aromatic heterocycles. The smallest absolute Gasteiger partial charge is 0.227 e. The zero-order chi connectivity index (χ0) is 29.3. The van der Waals surface area contributed by atoms with E-state index in [0.29, 0.717) is 29.7 Å². The highest BCUT2D eigenvalue weighted by molar-refractivity contribution is 5.68. The second-order valence-corrected chi connectivity index (χ2v) is 10.3. The molecule has 12 nitrogen and oxygen atoms in total. The molecule has 0 radical (unpaired) electrons. The van der Waals surface area contributed by atoms with E-state index in [0.717, 1.165) is 61.6 Å². The van der Waals surface area contributed by atoms with Gasteiger partial charge in [0.1, 0.15) is 30.0 Å². The minimum Gasteiger partial charge on any atom is -0.495 e. The molecule has 0 amide bonds. The van der Waals surface area contributed by atoms with E-state index in [9.17, 15) is 5.26 Å². The van der Waals surface area contributed by atoms with Gasteiger partial charge in [-0.05, 0) is 84.6 Å². The molecule has 0 spiro atoms. The van der Waals surface area contributed by atoms with Crippen LogP contribution < -0.4 is 14.8 Å². The second kappa shape index (κ2) is 13.8. The summed E-state index contributed by atoms with van der Waals surface area (Å²) in [5.41, 5.74) is 4.15. The van der Waals surface area contributed by atoms with Crippen molar-refractivity contribution >= 4 is 11.6 Å². The predicted molar refractivity (Wildman–Crippen MR) is 157 cm³/mol. The van der Waals surface area contributed by atoms with Gasteiger partial charge in [0.2, 0.25) is 5.95 Å². The fourth-order valence-corrected chi connectivity index (χ4v) is 5.11. The maximum absolute atomic E-state index is 9.58. The molecule has 42 heavy (non-hydrogen) atoms. The van der Waals surface area contributed by atoms with Crippen LogP contribution in [0.5, 0.6) is 11.5 Å². The lowest BCUT2D eigenvalue weighted by atomic mass is 9.89. The van der Waals surface area contributed by atoms with Crippen molar-refractivity contribution in [3.63, 3.8) is 0 Å². The van der Waals surface area contributed by atoms with Gasteiger partial charge in [-0.15, -0.1) is 5.10 Å². The Labute approximate surface area is 245 Å². The molecule has 1 aliphatic rings. The van der Waals surface area contributed by atoms with Crippen molar-refractivity contribution in [3.05, 3.63) is 66.2 Å². The van der Waals surface area contributed by atoms with Gasteiger partial charge in [0.05, 0.1) is 31.5 Å². The molecule has 12 heteroatoms. The van der Waals surface area contributed by atoms with Crippen molar-refractivity contribution < 1.29 is 14.2 Å². The van der Waals surface area contributed by atoms with E-state index in [-0.39, 0.29) is 6.10 Å². The number of piperidine rings is 1. The third-order valence-corrected chi connectivity index (χ3v) is 7.39. The monoisotopic (exact) mass is 569 g/mol. The molecule has 1 fully saturated rings. The van der Waals surface area contributed by atoms with Crippen LogP contribution in [0.3, 0.4) is 0 Å². The van der Waals surface area contributed by atoms with Crippen LogP contribution in [-0.2, 0) is 11.3 Å². The number of methoxy groups -OCH3 is 2. The van der Waals surface area contributed by atoms with Gasteiger partial charge in [0.15, 0.2) is 0 Å². The molecule has 1 aliphatic heterocycles. The Morgan fingerprint density at radius 3 is 2.55 bits per heavy atom. The van der Waals surface area contributed by atoms with E-state index in [1.165, 1.54) is 11.9 Å². The van der Waals surface area contributed by atoms with Crippen molar-refractivity contribution in [1.82, 2.24) is 35.1 Å². The van der Waals surface area contributed by atoms with E-state index in [1.54, 1.807) is 37.4 Å². The topological polar surface area (TPSA) is 136 Å². The first-order valence-electron chi connectivity index (χ1n) is 14.0. The Morgan fingerprint density at radius 2 is 1.86 bits per heavy atom. The molecule has 0 bridgehead atoms. The van der Waals surface area contributed by atoms with E-state index in [2.05, 4.69) is 53.9 Å². The summed E-state index contributed by atoms with van der Waals surface area (Å²) in [4.78, 5) is 11.5. The molecule has 0 aliphatic carbocycles. The van der Waals surface area contributed by atoms with E-state index in [1.807, 2.05) is 25.1 Å². The van der Waals surface area contributed by atoms with Gasteiger partial charge in [-0.3, -0.25) is 0 Å². The lowest BCUT2D eigenvalue weighted by molar-refractivity contribution is 0.130. The lowest BCUT2D eigenvalue weighted by Gasteiger charge is -2.32. The van der Waals surface area contributed by atoms with Gasteiger partial charge < -0.3 is 24.4 Å². The fourth-order valence-electron chi connectivity index (χ4n) is 5.11. The number of hydrogen-bond donors (Lipinski definition) is 1. The third-order valence-electron chi connectivity index (χ3n) is 7.39. The third kappa shape index (κ3) is 7.18. The number of tetrazole rings is 1. The summed E-state index contributed by atoms with van der Waals surface area (Å²) in [6.07, 6.45) is 6.98. The zero-order valence-corrected chi connectivity index (χ0v) is 24.1. The van der Waals surface area contributed by atoms with Gasteiger partial charge in [0, 0.05) is 31.6 Å². The Hall–Kier alpha value is -4.60. The maximum atomic E-state index is 9.58. The molecule has 0 saturated carbocycles. The number of nitrogens with one attached hydrogen (secondary N) is 1. The first-order chi connectivity index (χ1) is 20.6. The predicted octanol–water partition coefficient (Wildman–Crippen LogP) is 4.05. The van der Waals surface area contributed by atoms with E-state index in [4.69, 9.17) is 14.2 Å². The summed E-state index contributed by atoms with van der Waals surface area (Å²) in [5.74, 6) is 2.19. The normalized spacial score (nSPS) is 14.7. The summed E-state index contributed by atoms with van der Waals surface area (Å²) in [6.45, 7) is 6.24. The van der Waals surface area contributed by atoms with E-state index >= 15 is 0 Å². The van der Waals surface area contributed by atoms with Gasteiger partial charge in [-0.25, -0.2) is 14.6 Å². The van der Waals surface area contributed by atoms with Crippen LogP contribution in [-0.4, -0.2) is 81.6 Å². The van der Waals surface area contributed by atoms with Crippen molar-refractivity contribution in [3.8, 4) is 28.7 Å². The molecule has 1 atom stereocenters. The number of benzene rings is 2. The molecule has 2 aromatic carbocycles. The zero-order valence-electron chi connectivity index (χ0n) is 24.1. The number of ether oxygens (including phenoxy) is 3. The van der Waals surface area contributed by atoms with E-state index < -0.39 is 0 Å². The van der Waals surface area contributed by atoms with Crippen LogP contribution in [0.2, 0.25) is 0 Å². The van der Waals surface area contributed by atoms with Gasteiger partial charge in [0.25, 0.3) is 0 Å². The minimum absolute atomic E-state index is 0.256. The molecule has 4 aromatic rings. The summed E-state index contributed by atoms with van der Waals surface area (Å²) in [6, 6.07) is 13.9. The summed E-state index contributed by atoms with van der Waals surface area (Å²) >= 11 is 0. The molecule has 1 N–H and O–H groups in total.